The largest absolute Gasteiger partial charge is 0.388 e. The highest BCUT2D eigenvalue weighted by Crippen LogP contribution is 2.29. The summed E-state index contributed by atoms with van der Waals surface area (Å²) in [6.07, 6.45) is -4.65. The average molecular weight is 246 g/mol. The van der Waals surface area contributed by atoms with E-state index in [2.05, 4.69) is 0 Å². The Morgan fingerprint density at radius 3 is 2.82 bits per heavy atom. The van der Waals surface area contributed by atoms with E-state index in [0.717, 1.165) is 16.8 Å². The summed E-state index contributed by atoms with van der Waals surface area (Å²) in [6.45, 7) is 0. The van der Waals surface area contributed by atoms with Gasteiger partial charge in [-0.25, -0.2) is 9.18 Å². The molecular formula is C9H11FN2O5. The van der Waals surface area contributed by atoms with Crippen molar-refractivity contribution in [2.24, 2.45) is 0 Å². The fourth-order valence-electron chi connectivity index (χ4n) is 1.74. The summed E-state index contributed by atoms with van der Waals surface area (Å²) in [7, 11) is 0. The van der Waals surface area contributed by atoms with Crippen molar-refractivity contribution in [1.29, 1.82) is 0 Å². The van der Waals surface area contributed by atoms with Crippen LogP contribution in [0.2, 0.25) is 0 Å². The summed E-state index contributed by atoms with van der Waals surface area (Å²) >= 11 is 0. The first-order valence-corrected chi connectivity index (χ1v) is 4.96. The molecule has 2 heterocycles. The van der Waals surface area contributed by atoms with Gasteiger partial charge in [0.15, 0.2) is 6.23 Å². The first kappa shape index (κ1) is 12.0. The van der Waals surface area contributed by atoms with Crippen LogP contribution in [0, 0.1) is 0 Å². The number of hydrogen-bond donors (Lipinski definition) is 3. The molecule has 1 aromatic rings. The molecule has 7 nitrogen and oxygen atoms in total. The van der Waals surface area contributed by atoms with Crippen LogP contribution >= 0.6 is 0 Å². The van der Waals surface area contributed by atoms with Crippen molar-refractivity contribution < 1.29 is 19.3 Å². The smallest absolute Gasteiger partial charge is 0.330 e. The number of alkyl halides is 1. The molecule has 0 spiro atoms. The maximum atomic E-state index is 12.6. The van der Waals surface area contributed by atoms with E-state index in [1.807, 2.05) is 4.98 Å². The minimum Gasteiger partial charge on any atom is -0.388 e. The zero-order chi connectivity index (χ0) is 12.6. The van der Waals surface area contributed by atoms with Crippen molar-refractivity contribution in [3.63, 3.8) is 0 Å². The monoisotopic (exact) mass is 246 g/mol. The van der Waals surface area contributed by atoms with Crippen LogP contribution in [-0.2, 0) is 4.74 Å². The van der Waals surface area contributed by atoms with Crippen molar-refractivity contribution in [2.75, 3.05) is 0 Å². The van der Waals surface area contributed by atoms with E-state index >= 15 is 0 Å². The molecule has 0 radical (unpaired) electrons. The highest BCUT2D eigenvalue weighted by Gasteiger charge is 2.39. The summed E-state index contributed by atoms with van der Waals surface area (Å²) in [4.78, 5) is 24.2. The second-order valence-corrected chi connectivity index (χ2v) is 3.76. The van der Waals surface area contributed by atoms with Gasteiger partial charge in [-0.2, -0.15) is 0 Å². The zero-order valence-electron chi connectivity index (χ0n) is 8.62. The second-order valence-electron chi connectivity index (χ2n) is 3.76. The summed E-state index contributed by atoms with van der Waals surface area (Å²) in [5, 5.41) is 18.3. The molecule has 0 bridgehead atoms. The molecule has 2 rings (SSSR count). The number of aliphatic hydroxyl groups excluding tert-OH is 2. The molecule has 1 aliphatic rings. The number of H-pyrrole nitrogens is 1. The topological polar surface area (TPSA) is 105 Å². The van der Waals surface area contributed by atoms with Crippen LogP contribution in [0.25, 0.3) is 0 Å². The molecule has 8 heteroatoms. The third-order valence-electron chi connectivity index (χ3n) is 2.55. The highest BCUT2D eigenvalue weighted by atomic mass is 19.1. The number of rotatable bonds is 2. The van der Waals surface area contributed by atoms with E-state index in [0.29, 0.717) is 0 Å². The van der Waals surface area contributed by atoms with Gasteiger partial charge in [0, 0.05) is 18.7 Å². The Labute approximate surface area is 94.1 Å². The van der Waals surface area contributed by atoms with Gasteiger partial charge in [-0.3, -0.25) is 14.3 Å². The fourth-order valence-corrected chi connectivity index (χ4v) is 1.74. The van der Waals surface area contributed by atoms with E-state index in [9.17, 15) is 19.1 Å². The minimum absolute atomic E-state index is 0.131. The summed E-state index contributed by atoms with van der Waals surface area (Å²) < 4.78 is 18.6. The number of ether oxygens (including phenoxy) is 1. The normalized spacial score (nSPS) is 30.4. The van der Waals surface area contributed by atoms with Crippen LogP contribution in [0.5, 0.6) is 0 Å². The quantitative estimate of drug-likeness (QED) is 0.587. The fraction of sp³-hybridized carbons (Fsp3) is 0.556. The first-order chi connectivity index (χ1) is 7.99. The third-order valence-corrected chi connectivity index (χ3v) is 2.55. The Morgan fingerprint density at radius 1 is 1.59 bits per heavy atom. The molecule has 94 valence electrons. The van der Waals surface area contributed by atoms with Crippen LogP contribution in [0.4, 0.5) is 4.39 Å². The number of halogens is 1. The summed E-state index contributed by atoms with van der Waals surface area (Å²) in [5.41, 5.74) is -1.35. The Bertz CT molecular complexity index is 511. The molecule has 0 aliphatic carbocycles. The second kappa shape index (κ2) is 4.40. The molecule has 1 saturated heterocycles. The van der Waals surface area contributed by atoms with Gasteiger partial charge in [0.1, 0.15) is 12.2 Å². The Balaban J connectivity index is 2.29. The number of hydrogen-bond acceptors (Lipinski definition) is 5. The summed E-state index contributed by atoms with van der Waals surface area (Å²) in [5.74, 6) is 0. The Kier molecular flexibility index (Phi) is 3.09. The standard InChI is InChI=1S/C9H11FN2O5/c10-7(15)5-3-4(13)8(17-5)12-2-1-6(14)11-9(12)16/h1-2,4-5,7-8,13,15H,3H2,(H,11,14,16)/t4-,5+,7?,8-/m1/s1. The number of nitrogens with zero attached hydrogens (tertiary/aromatic N) is 1. The lowest BCUT2D eigenvalue weighted by Gasteiger charge is -2.17. The van der Waals surface area contributed by atoms with Crippen molar-refractivity contribution >= 4 is 0 Å². The molecule has 1 fully saturated rings. The number of aliphatic hydroxyl groups is 2. The predicted molar refractivity (Wildman–Crippen MR) is 53.0 cm³/mol. The van der Waals surface area contributed by atoms with Gasteiger partial charge in [-0.05, 0) is 0 Å². The lowest BCUT2D eigenvalue weighted by atomic mass is 10.2. The zero-order valence-corrected chi connectivity index (χ0v) is 8.62. The molecule has 0 saturated carbocycles. The molecule has 17 heavy (non-hydrogen) atoms. The average Bonchev–Trinajstić information content (AvgIpc) is 2.61. The van der Waals surface area contributed by atoms with Gasteiger partial charge in [-0.1, -0.05) is 0 Å². The van der Waals surface area contributed by atoms with E-state index in [1.54, 1.807) is 0 Å². The molecule has 1 aromatic heterocycles. The third kappa shape index (κ3) is 2.28. The van der Waals surface area contributed by atoms with Crippen LogP contribution in [0.3, 0.4) is 0 Å². The Morgan fingerprint density at radius 2 is 2.29 bits per heavy atom. The minimum atomic E-state index is -2.23. The number of nitrogens with one attached hydrogen (secondary N) is 1. The molecule has 1 aliphatic heterocycles. The maximum Gasteiger partial charge on any atom is 0.330 e. The highest BCUT2D eigenvalue weighted by molar-refractivity contribution is 4.89. The number of aromatic amines is 1. The van der Waals surface area contributed by atoms with Gasteiger partial charge in [0.2, 0.25) is 6.36 Å². The van der Waals surface area contributed by atoms with E-state index in [-0.39, 0.29) is 6.42 Å². The molecule has 0 aromatic carbocycles. The van der Waals surface area contributed by atoms with Gasteiger partial charge in [0.05, 0.1) is 0 Å². The molecule has 3 N–H and O–H groups in total. The lowest BCUT2D eigenvalue weighted by Crippen LogP contribution is -2.35. The van der Waals surface area contributed by atoms with Crippen molar-refractivity contribution in [3.8, 4) is 0 Å². The SMILES string of the molecule is O=c1ccn([C@@H]2O[C@H](C(O)F)C[C@H]2O)c(=O)[nH]1. The molecule has 4 atom stereocenters. The molecular weight excluding hydrogens is 235 g/mol. The molecule has 0 amide bonds. The number of aromatic nitrogens is 2. The van der Waals surface area contributed by atoms with E-state index in [1.165, 1.54) is 0 Å². The van der Waals surface area contributed by atoms with Crippen LogP contribution in [-0.4, -0.2) is 38.3 Å². The first-order valence-electron chi connectivity index (χ1n) is 4.96. The predicted octanol–water partition coefficient (Wildman–Crippen LogP) is -1.53. The van der Waals surface area contributed by atoms with Gasteiger partial charge >= 0.3 is 5.69 Å². The van der Waals surface area contributed by atoms with Crippen molar-refractivity contribution in [3.05, 3.63) is 33.1 Å². The maximum absolute atomic E-state index is 12.6. The van der Waals surface area contributed by atoms with Crippen molar-refractivity contribution in [2.45, 2.75) is 31.2 Å². The Hall–Kier alpha value is -1.51. The van der Waals surface area contributed by atoms with E-state index in [4.69, 9.17) is 9.84 Å². The van der Waals surface area contributed by atoms with Gasteiger partial charge < -0.3 is 14.9 Å². The van der Waals surface area contributed by atoms with Crippen LogP contribution in [0.15, 0.2) is 21.9 Å². The lowest BCUT2D eigenvalue weighted by molar-refractivity contribution is -0.117. The summed E-state index contributed by atoms with van der Waals surface area (Å²) in [6, 6.07) is 1.08. The van der Waals surface area contributed by atoms with Crippen LogP contribution in [0.1, 0.15) is 12.6 Å². The van der Waals surface area contributed by atoms with Crippen molar-refractivity contribution in [1.82, 2.24) is 9.55 Å². The molecule has 1 unspecified atom stereocenters. The van der Waals surface area contributed by atoms with Crippen LogP contribution < -0.4 is 11.2 Å². The van der Waals surface area contributed by atoms with E-state index < -0.39 is 36.0 Å². The van der Waals surface area contributed by atoms with Gasteiger partial charge in [-0.15, -0.1) is 0 Å². The van der Waals surface area contributed by atoms with Gasteiger partial charge in [0.25, 0.3) is 5.56 Å².